The summed E-state index contributed by atoms with van der Waals surface area (Å²) in [5.41, 5.74) is 7.24. The van der Waals surface area contributed by atoms with E-state index in [9.17, 15) is 9.90 Å². The van der Waals surface area contributed by atoms with Gasteiger partial charge in [-0.1, -0.05) is 24.3 Å². The molecule has 4 N–H and O–H groups in total. The highest BCUT2D eigenvalue weighted by Crippen LogP contribution is 2.18. The van der Waals surface area contributed by atoms with Crippen LogP contribution in [0.15, 0.2) is 24.3 Å². The average Bonchev–Trinajstić information content (AvgIpc) is 2.17. The van der Waals surface area contributed by atoms with Crippen molar-refractivity contribution in [2.24, 2.45) is 5.73 Å². The maximum Gasteiger partial charge on any atom is 0.305 e. The van der Waals surface area contributed by atoms with Crippen molar-refractivity contribution in [3.8, 4) is 0 Å². The summed E-state index contributed by atoms with van der Waals surface area (Å²) in [6.07, 6.45) is -0.608. The first kappa shape index (κ1) is 11.7. The molecule has 0 radical (unpaired) electrons. The fraction of sp³-hybridized carbons (Fsp3) is 0.364. The van der Waals surface area contributed by atoms with Crippen molar-refractivity contribution in [1.82, 2.24) is 0 Å². The molecule has 0 saturated carbocycles. The summed E-state index contributed by atoms with van der Waals surface area (Å²) in [4.78, 5) is 10.4. The Labute approximate surface area is 88.3 Å². The van der Waals surface area contributed by atoms with Crippen molar-refractivity contribution in [1.29, 1.82) is 0 Å². The van der Waals surface area contributed by atoms with Gasteiger partial charge in [0.05, 0.1) is 12.5 Å². The normalized spacial score (nSPS) is 14.6. The van der Waals surface area contributed by atoms with E-state index in [2.05, 4.69) is 0 Å². The van der Waals surface area contributed by atoms with Gasteiger partial charge in [0.15, 0.2) is 0 Å². The molecule has 0 saturated heterocycles. The summed E-state index contributed by atoms with van der Waals surface area (Å²) in [7, 11) is 0. The first-order valence-corrected chi connectivity index (χ1v) is 4.76. The standard InChI is InChI=1S/C11H15NO3/c1-7(13)8-2-4-9(5-3-8)10(12)6-11(14)15/h2-5,7,10,13H,6,12H2,1H3,(H,14,15). The number of carboxylic acids is 1. The highest BCUT2D eigenvalue weighted by molar-refractivity contribution is 5.67. The second-order valence-electron chi connectivity index (χ2n) is 3.55. The lowest BCUT2D eigenvalue weighted by atomic mass is 10.0. The third-order valence-corrected chi connectivity index (χ3v) is 2.24. The van der Waals surface area contributed by atoms with Gasteiger partial charge in [-0.2, -0.15) is 0 Å². The van der Waals surface area contributed by atoms with E-state index < -0.39 is 18.1 Å². The van der Waals surface area contributed by atoms with Crippen LogP contribution < -0.4 is 5.73 Å². The van der Waals surface area contributed by atoms with Gasteiger partial charge >= 0.3 is 5.97 Å². The number of nitrogens with two attached hydrogens (primary N) is 1. The molecule has 1 aromatic carbocycles. The molecule has 0 amide bonds. The van der Waals surface area contributed by atoms with E-state index in [1.807, 2.05) is 0 Å². The smallest absolute Gasteiger partial charge is 0.305 e. The van der Waals surface area contributed by atoms with Gasteiger partial charge in [-0.15, -0.1) is 0 Å². The van der Waals surface area contributed by atoms with Gasteiger partial charge in [0.1, 0.15) is 0 Å². The van der Waals surface area contributed by atoms with Crippen LogP contribution in [0.5, 0.6) is 0 Å². The number of benzene rings is 1. The first-order valence-electron chi connectivity index (χ1n) is 4.76. The number of aliphatic hydroxyl groups excluding tert-OH is 1. The SMILES string of the molecule is CC(O)c1ccc(C(N)CC(=O)O)cc1. The highest BCUT2D eigenvalue weighted by atomic mass is 16.4. The summed E-state index contributed by atoms with van der Waals surface area (Å²) < 4.78 is 0. The minimum Gasteiger partial charge on any atom is -0.481 e. The predicted molar refractivity (Wildman–Crippen MR) is 56.3 cm³/mol. The van der Waals surface area contributed by atoms with Crippen LogP contribution >= 0.6 is 0 Å². The van der Waals surface area contributed by atoms with Crippen molar-refractivity contribution in [2.45, 2.75) is 25.5 Å². The zero-order valence-electron chi connectivity index (χ0n) is 8.55. The molecule has 1 rings (SSSR count). The third kappa shape index (κ3) is 3.34. The van der Waals surface area contributed by atoms with Crippen LogP contribution in [-0.2, 0) is 4.79 Å². The molecule has 0 aliphatic carbocycles. The van der Waals surface area contributed by atoms with Crippen LogP contribution in [0.4, 0.5) is 0 Å². The van der Waals surface area contributed by atoms with Gasteiger partial charge in [-0.3, -0.25) is 4.79 Å². The fourth-order valence-corrected chi connectivity index (χ4v) is 1.33. The van der Waals surface area contributed by atoms with Crippen molar-refractivity contribution >= 4 is 5.97 Å². The summed E-state index contributed by atoms with van der Waals surface area (Å²) in [5.74, 6) is -0.915. The Balaban J connectivity index is 2.75. The van der Waals surface area contributed by atoms with E-state index >= 15 is 0 Å². The minimum absolute atomic E-state index is 0.0893. The molecule has 4 heteroatoms. The quantitative estimate of drug-likeness (QED) is 0.696. The van der Waals surface area contributed by atoms with E-state index in [1.54, 1.807) is 31.2 Å². The number of carbonyl (C=O) groups is 1. The number of hydrogen-bond acceptors (Lipinski definition) is 3. The van der Waals surface area contributed by atoms with Crippen LogP contribution in [0.2, 0.25) is 0 Å². The number of aliphatic hydroxyl groups is 1. The molecule has 1 aromatic rings. The fourth-order valence-electron chi connectivity index (χ4n) is 1.33. The van der Waals surface area contributed by atoms with E-state index in [0.29, 0.717) is 0 Å². The molecular weight excluding hydrogens is 194 g/mol. The second-order valence-corrected chi connectivity index (χ2v) is 3.55. The topological polar surface area (TPSA) is 83.5 Å². The molecule has 0 spiro atoms. The van der Waals surface area contributed by atoms with Gasteiger partial charge in [0, 0.05) is 6.04 Å². The molecule has 2 unspecified atom stereocenters. The maximum absolute atomic E-state index is 10.4. The molecule has 0 fully saturated rings. The highest BCUT2D eigenvalue weighted by Gasteiger charge is 2.10. The van der Waals surface area contributed by atoms with Gasteiger partial charge in [-0.05, 0) is 18.1 Å². The lowest BCUT2D eigenvalue weighted by molar-refractivity contribution is -0.137. The molecule has 15 heavy (non-hydrogen) atoms. The Morgan fingerprint density at radius 2 is 1.80 bits per heavy atom. The summed E-state index contributed by atoms with van der Waals surface area (Å²) in [6, 6.07) is 6.50. The Hall–Kier alpha value is -1.39. The zero-order valence-corrected chi connectivity index (χ0v) is 8.55. The molecule has 0 aliphatic heterocycles. The monoisotopic (exact) mass is 209 g/mol. The first-order chi connectivity index (χ1) is 7.00. The van der Waals surface area contributed by atoms with Crippen LogP contribution in [0, 0.1) is 0 Å². The maximum atomic E-state index is 10.4. The van der Waals surface area contributed by atoms with Crippen molar-refractivity contribution < 1.29 is 15.0 Å². The second kappa shape index (κ2) is 4.91. The number of hydrogen-bond donors (Lipinski definition) is 3. The molecule has 82 valence electrons. The lowest BCUT2D eigenvalue weighted by Gasteiger charge is -2.11. The summed E-state index contributed by atoms with van der Waals surface area (Å²) in [6.45, 7) is 1.67. The third-order valence-electron chi connectivity index (χ3n) is 2.24. The lowest BCUT2D eigenvalue weighted by Crippen LogP contribution is -2.14. The molecule has 0 bridgehead atoms. The van der Waals surface area contributed by atoms with Crippen molar-refractivity contribution in [2.75, 3.05) is 0 Å². The van der Waals surface area contributed by atoms with Gasteiger partial charge < -0.3 is 15.9 Å². The summed E-state index contributed by atoms with van der Waals surface area (Å²) in [5, 5.41) is 17.8. The number of rotatable bonds is 4. The van der Waals surface area contributed by atoms with E-state index in [0.717, 1.165) is 11.1 Å². The minimum atomic E-state index is -0.915. The molecule has 0 aliphatic rings. The van der Waals surface area contributed by atoms with Gasteiger partial charge in [0.2, 0.25) is 0 Å². The van der Waals surface area contributed by atoms with Crippen LogP contribution in [0.1, 0.15) is 36.6 Å². The van der Waals surface area contributed by atoms with Crippen molar-refractivity contribution in [3.63, 3.8) is 0 Å². The molecule has 0 heterocycles. The number of carboxylic acid groups (broad SMARTS) is 1. The van der Waals surface area contributed by atoms with E-state index in [1.165, 1.54) is 0 Å². The van der Waals surface area contributed by atoms with Crippen LogP contribution in [-0.4, -0.2) is 16.2 Å². The van der Waals surface area contributed by atoms with Crippen LogP contribution in [0.25, 0.3) is 0 Å². The molecule has 4 nitrogen and oxygen atoms in total. The molecule has 2 atom stereocenters. The Kier molecular flexibility index (Phi) is 3.82. The largest absolute Gasteiger partial charge is 0.481 e. The van der Waals surface area contributed by atoms with Gasteiger partial charge in [-0.25, -0.2) is 0 Å². The average molecular weight is 209 g/mol. The Morgan fingerprint density at radius 3 is 2.20 bits per heavy atom. The molecular formula is C11H15NO3. The Morgan fingerprint density at radius 1 is 1.33 bits per heavy atom. The van der Waals surface area contributed by atoms with E-state index in [-0.39, 0.29) is 6.42 Å². The summed E-state index contributed by atoms with van der Waals surface area (Å²) >= 11 is 0. The van der Waals surface area contributed by atoms with Crippen molar-refractivity contribution in [3.05, 3.63) is 35.4 Å². The van der Waals surface area contributed by atoms with Crippen LogP contribution in [0.3, 0.4) is 0 Å². The number of aliphatic carboxylic acids is 1. The Bertz CT molecular complexity index is 332. The van der Waals surface area contributed by atoms with Gasteiger partial charge in [0.25, 0.3) is 0 Å². The van der Waals surface area contributed by atoms with E-state index in [4.69, 9.17) is 10.8 Å². The zero-order chi connectivity index (χ0) is 11.4. The molecule has 0 aromatic heterocycles. The predicted octanol–water partition coefficient (Wildman–Crippen LogP) is 1.21.